The largest absolute Gasteiger partial charge is 0.399 e. The zero-order valence-electron chi connectivity index (χ0n) is 26.0. The van der Waals surface area contributed by atoms with E-state index < -0.39 is 11.3 Å². The lowest BCUT2D eigenvalue weighted by atomic mass is 9.67. The van der Waals surface area contributed by atoms with Gasteiger partial charge in [-0.1, -0.05) is 42.5 Å². The highest BCUT2D eigenvalue weighted by Crippen LogP contribution is 2.45. The van der Waals surface area contributed by atoms with Gasteiger partial charge in [0.1, 0.15) is 5.84 Å². The Kier molecular flexibility index (Phi) is 8.92. The van der Waals surface area contributed by atoms with Crippen LogP contribution in [0, 0.1) is 6.92 Å². The minimum absolute atomic E-state index is 0.107. The summed E-state index contributed by atoms with van der Waals surface area (Å²) in [4.78, 5) is 32.4. The maximum absolute atomic E-state index is 13.1. The van der Waals surface area contributed by atoms with Crippen LogP contribution >= 0.6 is 0 Å². The van der Waals surface area contributed by atoms with E-state index in [1.165, 1.54) is 0 Å². The van der Waals surface area contributed by atoms with Crippen molar-refractivity contribution in [1.29, 1.82) is 0 Å². The number of primary amides is 1. The number of amidine groups is 1. The molecule has 3 aromatic carbocycles. The standard InChI is InChI=1S/C36H44N6O2/c1-22-7-13-30(14-8-22)41-35(39)36(20-23(2)40-21-33(43)42-17-5-6-24(42)3)31-15-11-26(25(4)37)18-27(31)9-10-28-19-29(34(38)44)12-16-32(28)36/h7-8,11-16,18-19,23-24,40H,4-6,9-10,17,20-21,37H2,1-3H3,(H2,38,44)(H2,39,41)/t23-,24-,36?/m1/s1. The van der Waals surface area contributed by atoms with Crippen LogP contribution in [0.4, 0.5) is 5.69 Å². The topological polar surface area (TPSA) is 140 Å². The van der Waals surface area contributed by atoms with Crippen molar-refractivity contribution in [3.8, 4) is 0 Å². The van der Waals surface area contributed by atoms with Gasteiger partial charge in [0.05, 0.1) is 17.6 Å². The third kappa shape index (κ3) is 6.13. The Morgan fingerprint density at radius 2 is 1.61 bits per heavy atom. The third-order valence-corrected chi connectivity index (χ3v) is 9.26. The molecule has 0 bridgehead atoms. The first kappa shape index (κ1) is 31.0. The van der Waals surface area contributed by atoms with E-state index in [1.54, 1.807) is 6.07 Å². The van der Waals surface area contributed by atoms with Gasteiger partial charge < -0.3 is 27.4 Å². The Labute approximate surface area is 260 Å². The van der Waals surface area contributed by atoms with Crippen molar-refractivity contribution in [1.82, 2.24) is 10.2 Å². The van der Waals surface area contributed by atoms with Crippen LogP contribution in [0.1, 0.15) is 76.8 Å². The van der Waals surface area contributed by atoms with Crippen LogP contribution in [0.25, 0.3) is 5.70 Å². The highest BCUT2D eigenvalue weighted by Gasteiger charge is 2.44. The number of nitrogens with one attached hydrogen (secondary N) is 1. The number of carbonyl (C=O) groups is 2. The number of fused-ring (bicyclic) bond motifs is 2. The molecular formula is C36H44N6O2. The second-order valence-corrected chi connectivity index (χ2v) is 12.4. The quantitative estimate of drug-likeness (QED) is 0.214. The van der Waals surface area contributed by atoms with E-state index in [2.05, 4.69) is 37.9 Å². The number of rotatable bonds is 9. The lowest BCUT2D eigenvalue weighted by molar-refractivity contribution is -0.130. The molecule has 44 heavy (non-hydrogen) atoms. The van der Waals surface area contributed by atoms with Crippen molar-refractivity contribution in [3.63, 3.8) is 0 Å². The summed E-state index contributed by atoms with van der Waals surface area (Å²) in [6.45, 7) is 11.2. The second kappa shape index (κ2) is 12.7. The molecule has 3 atom stereocenters. The summed E-state index contributed by atoms with van der Waals surface area (Å²) in [6, 6.07) is 19.9. The molecule has 0 radical (unpaired) electrons. The van der Waals surface area contributed by atoms with E-state index >= 15 is 0 Å². The summed E-state index contributed by atoms with van der Waals surface area (Å²) < 4.78 is 0. The number of nitrogens with zero attached hydrogens (tertiary/aromatic N) is 2. The summed E-state index contributed by atoms with van der Waals surface area (Å²) in [5.41, 5.74) is 25.9. The SMILES string of the molecule is C=C(N)c1ccc2c(c1)CCc1cc(C(N)=O)ccc1C2(C[C@@H](C)NCC(=O)N1CCC[C@H]1C)C(N)=Nc1ccc(C)cc1. The molecule has 8 nitrogen and oxygen atoms in total. The predicted octanol–water partition coefficient (Wildman–Crippen LogP) is 4.48. The zero-order valence-corrected chi connectivity index (χ0v) is 26.0. The highest BCUT2D eigenvalue weighted by molar-refractivity contribution is 5.99. The number of amides is 2. The van der Waals surface area contributed by atoms with E-state index in [-0.39, 0.29) is 24.5 Å². The summed E-state index contributed by atoms with van der Waals surface area (Å²) in [6.07, 6.45) is 3.98. The van der Waals surface area contributed by atoms with Gasteiger partial charge in [-0.05, 0) is 111 Å². The number of likely N-dealkylation sites (tertiary alicyclic amines) is 1. The molecule has 1 aliphatic carbocycles. The molecule has 1 fully saturated rings. The van der Waals surface area contributed by atoms with Crippen LogP contribution in [-0.2, 0) is 23.1 Å². The number of aliphatic imine (C=N–C) groups is 1. The van der Waals surface area contributed by atoms with Gasteiger partial charge in [-0.3, -0.25) is 9.59 Å². The van der Waals surface area contributed by atoms with Crippen LogP contribution in [0.2, 0.25) is 0 Å². The van der Waals surface area contributed by atoms with Gasteiger partial charge in [-0.25, -0.2) is 4.99 Å². The smallest absolute Gasteiger partial charge is 0.248 e. The fourth-order valence-corrected chi connectivity index (χ4v) is 6.85. The molecule has 2 aliphatic rings. The van der Waals surface area contributed by atoms with E-state index in [4.69, 9.17) is 22.2 Å². The molecule has 1 aliphatic heterocycles. The van der Waals surface area contributed by atoms with Gasteiger partial charge in [0.25, 0.3) is 0 Å². The van der Waals surface area contributed by atoms with Crippen LogP contribution in [0.3, 0.4) is 0 Å². The van der Waals surface area contributed by atoms with Crippen molar-refractivity contribution < 1.29 is 9.59 Å². The average Bonchev–Trinajstić information content (AvgIpc) is 3.38. The number of nitrogens with two attached hydrogens (primary N) is 3. The van der Waals surface area contributed by atoms with Crippen LogP contribution in [0.5, 0.6) is 0 Å². The van der Waals surface area contributed by atoms with E-state index in [0.717, 1.165) is 58.5 Å². The molecule has 0 saturated carbocycles. The van der Waals surface area contributed by atoms with E-state index in [1.807, 2.05) is 54.3 Å². The molecule has 1 saturated heterocycles. The molecule has 8 heteroatoms. The number of hydrogen-bond acceptors (Lipinski definition) is 5. The first-order valence-electron chi connectivity index (χ1n) is 15.4. The Balaban J connectivity index is 1.66. The Bertz CT molecular complexity index is 1540. The van der Waals surface area contributed by atoms with Gasteiger partial charge >= 0.3 is 0 Å². The summed E-state index contributed by atoms with van der Waals surface area (Å²) in [5.74, 6) is 0.0639. The number of hydrogen-bond donors (Lipinski definition) is 4. The van der Waals surface area contributed by atoms with Crippen LogP contribution in [0.15, 0.2) is 72.2 Å². The van der Waals surface area contributed by atoms with Gasteiger partial charge in [0.2, 0.25) is 11.8 Å². The molecular weight excluding hydrogens is 548 g/mol. The van der Waals surface area contributed by atoms with Gasteiger partial charge in [-0.2, -0.15) is 0 Å². The van der Waals surface area contributed by atoms with Crippen LogP contribution < -0.4 is 22.5 Å². The minimum Gasteiger partial charge on any atom is -0.399 e. The van der Waals surface area contributed by atoms with Crippen molar-refractivity contribution in [2.45, 2.75) is 70.4 Å². The number of benzene rings is 3. The van der Waals surface area contributed by atoms with E-state index in [9.17, 15) is 9.59 Å². The highest BCUT2D eigenvalue weighted by atomic mass is 16.2. The Morgan fingerprint density at radius 3 is 2.18 bits per heavy atom. The first-order valence-corrected chi connectivity index (χ1v) is 15.4. The van der Waals surface area contributed by atoms with Crippen molar-refractivity contribution >= 4 is 29.0 Å². The maximum atomic E-state index is 13.1. The molecule has 7 N–H and O–H groups in total. The molecule has 5 rings (SSSR count). The third-order valence-electron chi connectivity index (χ3n) is 9.26. The lowest BCUT2D eigenvalue weighted by Gasteiger charge is -2.38. The number of aryl methyl sites for hydroxylation is 3. The fourth-order valence-electron chi connectivity index (χ4n) is 6.85. The van der Waals surface area contributed by atoms with Gasteiger partial charge in [0.15, 0.2) is 0 Å². The molecule has 3 aromatic rings. The molecule has 0 aromatic heterocycles. The van der Waals surface area contributed by atoms with Crippen molar-refractivity contribution in [3.05, 3.63) is 106 Å². The van der Waals surface area contributed by atoms with Gasteiger partial charge in [-0.15, -0.1) is 0 Å². The molecule has 230 valence electrons. The average molecular weight is 593 g/mol. The van der Waals surface area contributed by atoms with Gasteiger partial charge in [0, 0.05) is 29.9 Å². The summed E-state index contributed by atoms with van der Waals surface area (Å²) >= 11 is 0. The molecule has 0 spiro atoms. The monoisotopic (exact) mass is 592 g/mol. The fraction of sp³-hybridized carbons (Fsp3) is 0.361. The van der Waals surface area contributed by atoms with Crippen LogP contribution in [-0.4, -0.2) is 47.7 Å². The minimum atomic E-state index is -0.882. The Hall–Kier alpha value is -4.43. The summed E-state index contributed by atoms with van der Waals surface area (Å²) in [5, 5.41) is 3.51. The molecule has 1 unspecified atom stereocenters. The van der Waals surface area contributed by atoms with E-state index in [0.29, 0.717) is 36.4 Å². The summed E-state index contributed by atoms with van der Waals surface area (Å²) in [7, 11) is 0. The zero-order chi connectivity index (χ0) is 31.6. The van der Waals surface area contributed by atoms with Crippen molar-refractivity contribution in [2.75, 3.05) is 13.1 Å². The predicted molar refractivity (Wildman–Crippen MR) is 178 cm³/mol. The Morgan fingerprint density at radius 1 is 1.00 bits per heavy atom. The maximum Gasteiger partial charge on any atom is 0.248 e. The van der Waals surface area contributed by atoms with Crippen molar-refractivity contribution in [2.24, 2.45) is 22.2 Å². The number of carbonyl (C=O) groups excluding carboxylic acids is 2. The first-order chi connectivity index (χ1) is 21.0. The molecule has 2 amide bonds. The second-order valence-electron chi connectivity index (χ2n) is 12.4. The molecule has 1 heterocycles. The normalized spacial score (nSPS) is 20.4. The lowest BCUT2D eigenvalue weighted by Crippen LogP contribution is -2.49.